The smallest absolute Gasteiger partial charge is 0.296 e. The summed E-state index contributed by atoms with van der Waals surface area (Å²) in [5.74, 6) is -2.99. The number of hydrogen-bond donors (Lipinski definition) is 10. The minimum absolute atomic E-state index is 0. The van der Waals surface area contributed by atoms with E-state index in [1.165, 1.54) is 36.4 Å². The summed E-state index contributed by atoms with van der Waals surface area (Å²) in [6.07, 6.45) is 3.91. The number of hydrazone groups is 2. The Labute approximate surface area is 359 Å². The molecule has 6 rings (SSSR count). The molecule has 2 radical (unpaired) electrons. The van der Waals surface area contributed by atoms with Crippen molar-refractivity contribution in [2.24, 2.45) is 10.2 Å². The van der Waals surface area contributed by atoms with Gasteiger partial charge in [0.25, 0.3) is 40.5 Å². The third-order valence-electron chi connectivity index (χ3n) is 8.39. The number of hydrogen-bond acceptors (Lipinski definition) is 18. The van der Waals surface area contributed by atoms with E-state index in [9.17, 15) is 71.7 Å². The molecule has 60 heavy (non-hydrogen) atoms. The van der Waals surface area contributed by atoms with Crippen molar-refractivity contribution < 1.29 is 106 Å². The van der Waals surface area contributed by atoms with Gasteiger partial charge in [-0.25, -0.2) is 0 Å². The summed E-state index contributed by atoms with van der Waals surface area (Å²) >= 11 is 0. The Morgan fingerprint density at radius 2 is 0.950 bits per heavy atom. The van der Waals surface area contributed by atoms with Crippen LogP contribution in [0.2, 0.25) is 0 Å². The number of nitrogens with two attached hydrogens (primary N) is 2. The summed E-state index contributed by atoms with van der Waals surface area (Å²) in [6.45, 7) is 0. The minimum atomic E-state index is -5.31. The molecule has 0 fully saturated rings. The molecular weight excluding hydrogens is 980 g/mol. The van der Waals surface area contributed by atoms with Crippen molar-refractivity contribution >= 4 is 98.4 Å². The van der Waals surface area contributed by atoms with Gasteiger partial charge < -0.3 is 21.7 Å². The Hall–Kier alpha value is -5.48. The Bertz CT molecular complexity index is 3150. The number of aromatic hydroxyl groups is 2. The molecule has 324 valence electrons. The zero-order valence-corrected chi connectivity index (χ0v) is 34.1. The van der Waals surface area contributed by atoms with Gasteiger partial charge in [0.15, 0.2) is 0 Å². The van der Waals surface area contributed by atoms with E-state index in [1.54, 1.807) is 0 Å². The Balaban J connectivity index is 0.00000397. The molecule has 0 unspecified atom stereocenters. The van der Waals surface area contributed by atoms with E-state index < -0.39 is 128 Å². The number of benzene rings is 4. The van der Waals surface area contributed by atoms with Gasteiger partial charge in [-0.2, -0.15) is 43.9 Å². The second-order valence-electron chi connectivity index (χ2n) is 12.1. The quantitative estimate of drug-likeness (QED) is 0.0378. The molecular formula is C32H24Cu2N6O16S4. The number of carbonyl (C=O) groups is 2. The maximum absolute atomic E-state index is 13.3. The Morgan fingerprint density at radius 3 is 1.37 bits per heavy atom. The van der Waals surface area contributed by atoms with Crippen LogP contribution in [0.1, 0.15) is 31.8 Å². The van der Waals surface area contributed by atoms with Gasteiger partial charge in [-0.15, -0.1) is 0 Å². The van der Waals surface area contributed by atoms with Crippen LogP contribution >= 0.6 is 0 Å². The van der Waals surface area contributed by atoms with Crippen molar-refractivity contribution in [3.63, 3.8) is 0 Å². The number of phenols is 2. The van der Waals surface area contributed by atoms with Gasteiger partial charge in [-0.1, -0.05) is 24.3 Å². The molecule has 22 nitrogen and oxygen atoms in total. The molecule has 2 aliphatic carbocycles. The summed E-state index contributed by atoms with van der Waals surface area (Å²) in [7, 11) is -20.8. The number of rotatable bonds is 9. The predicted octanol–water partition coefficient (Wildman–Crippen LogP) is 2.27. The largest absolute Gasteiger partial charge is 0.506 e. The molecule has 0 aromatic heterocycles. The monoisotopic (exact) mass is 1000 g/mol. The fourth-order valence-electron chi connectivity index (χ4n) is 5.81. The van der Waals surface area contributed by atoms with Gasteiger partial charge in [0, 0.05) is 51.0 Å². The standard InChI is InChI=1S/C32H24N6O16S4.2Cu/c33-17-11-26(57(49,50)51)32(58(52,53)54)16-4-8-20(30(41)27(16)17)37-35-18-5-1-13(9-22(18)39)14-2-6-19(23(40)10-14)36-38-21-7-3-15-24(55(43,44)45)12-25(56(46,47)48)29(34)28(15)31(21)42;;/h1-12,35-36,39-40H,33-34H2,(H,43,44,45)(H,46,47,48)(H,49,50,51)(H,52,53,54);;/b37-20+,38-21+;;. The van der Waals surface area contributed by atoms with E-state index in [2.05, 4.69) is 21.1 Å². The first-order chi connectivity index (χ1) is 26.8. The number of nitrogen functional groups attached to an aromatic ring is 2. The van der Waals surface area contributed by atoms with E-state index in [4.69, 9.17) is 11.5 Å². The van der Waals surface area contributed by atoms with Gasteiger partial charge in [0.2, 0.25) is 11.6 Å². The van der Waals surface area contributed by atoms with Crippen molar-refractivity contribution in [3.05, 3.63) is 82.9 Å². The molecule has 0 aliphatic heterocycles. The first kappa shape index (κ1) is 47.2. The van der Waals surface area contributed by atoms with Gasteiger partial charge in [-0.05, 0) is 59.7 Å². The maximum Gasteiger partial charge on any atom is 0.296 e. The van der Waals surface area contributed by atoms with Crippen LogP contribution in [0.3, 0.4) is 0 Å². The number of fused-ring (bicyclic) bond motifs is 2. The van der Waals surface area contributed by atoms with Gasteiger partial charge >= 0.3 is 0 Å². The molecule has 0 atom stereocenters. The van der Waals surface area contributed by atoms with E-state index in [0.29, 0.717) is 23.3 Å². The summed E-state index contributed by atoms with van der Waals surface area (Å²) in [4.78, 5) is 21.8. The summed E-state index contributed by atoms with van der Waals surface area (Å²) in [5, 5.41) is 29.2. The topological polar surface area (TPSA) is 393 Å². The van der Waals surface area contributed by atoms with E-state index in [-0.39, 0.29) is 45.5 Å². The van der Waals surface area contributed by atoms with Crippen LogP contribution in [-0.2, 0) is 74.6 Å². The molecule has 0 bridgehead atoms. The second kappa shape index (κ2) is 16.5. The number of ketones is 2. The number of anilines is 4. The number of nitrogens with zero attached hydrogens (tertiary/aromatic N) is 2. The van der Waals surface area contributed by atoms with E-state index in [1.807, 2.05) is 0 Å². The normalized spacial score (nSPS) is 15.2. The third kappa shape index (κ3) is 8.99. The Kier molecular flexibility index (Phi) is 13.0. The molecule has 0 amide bonds. The first-order valence-corrected chi connectivity index (χ1v) is 21.2. The average Bonchev–Trinajstić information content (AvgIpc) is 3.09. The van der Waals surface area contributed by atoms with Crippen molar-refractivity contribution in [2.75, 3.05) is 22.3 Å². The summed E-state index contributed by atoms with van der Waals surface area (Å²) in [5.41, 5.74) is 12.4. The molecule has 2 aliphatic rings. The zero-order chi connectivity index (χ0) is 42.9. The van der Waals surface area contributed by atoms with Crippen molar-refractivity contribution in [2.45, 2.75) is 19.6 Å². The second-order valence-corrected chi connectivity index (χ2v) is 17.6. The molecule has 0 saturated carbocycles. The van der Waals surface area contributed by atoms with Crippen LogP contribution in [0, 0.1) is 0 Å². The molecule has 0 spiro atoms. The third-order valence-corrected chi connectivity index (χ3v) is 12.1. The number of Topliss-reactive ketones (excluding diaryl/α,β-unsaturated/α-hetero) is 2. The number of allylic oxidation sites excluding steroid dienone is 2. The number of carbonyl (C=O) groups excluding carboxylic acids is 2. The average molecular weight is 1000 g/mol. The molecule has 4 aromatic rings. The zero-order valence-electron chi connectivity index (χ0n) is 29.0. The van der Waals surface area contributed by atoms with E-state index >= 15 is 0 Å². The number of phenolic OH excluding ortho intramolecular Hbond substituents is 2. The SMILES string of the molecule is Nc1cc(S(=O)(=O)O)c(S(=O)(=O)O)c2c1C(=O)/C(=N/Nc1ccc(-c3ccc(N/N=C4\C=Cc5c(S(=O)(=O)O)cc(S(=O)(=O)O)c(N)c5C4=O)c(O)c3)cc1O)C=C2.[Cu].[Cu]. The maximum atomic E-state index is 13.3. The van der Waals surface area contributed by atoms with Crippen molar-refractivity contribution in [1.82, 2.24) is 0 Å². The Morgan fingerprint density at radius 1 is 0.517 bits per heavy atom. The molecule has 12 N–H and O–H groups in total. The predicted molar refractivity (Wildman–Crippen MR) is 205 cm³/mol. The molecule has 28 heteroatoms. The van der Waals surface area contributed by atoms with Gasteiger partial charge in [-0.3, -0.25) is 38.7 Å². The van der Waals surface area contributed by atoms with Crippen LogP contribution in [0.4, 0.5) is 22.7 Å². The minimum Gasteiger partial charge on any atom is -0.506 e. The fourth-order valence-corrected chi connectivity index (χ4v) is 9.26. The van der Waals surface area contributed by atoms with Crippen LogP contribution in [-0.4, -0.2) is 85.1 Å². The van der Waals surface area contributed by atoms with Crippen molar-refractivity contribution in [3.8, 4) is 22.6 Å². The first-order valence-electron chi connectivity index (χ1n) is 15.4. The number of nitrogens with one attached hydrogen (secondary N) is 2. The fraction of sp³-hybridized carbons (Fsp3) is 0. The van der Waals surface area contributed by atoms with Crippen LogP contribution in [0.25, 0.3) is 23.3 Å². The molecule has 4 aromatic carbocycles. The van der Waals surface area contributed by atoms with Gasteiger partial charge in [0.05, 0.1) is 28.2 Å². The van der Waals surface area contributed by atoms with Crippen LogP contribution in [0.15, 0.2) is 90.5 Å². The van der Waals surface area contributed by atoms with Crippen molar-refractivity contribution in [1.29, 1.82) is 0 Å². The molecule has 0 saturated heterocycles. The van der Waals surface area contributed by atoms with Crippen LogP contribution in [0.5, 0.6) is 11.5 Å². The van der Waals surface area contributed by atoms with Crippen LogP contribution < -0.4 is 22.3 Å². The van der Waals surface area contributed by atoms with E-state index in [0.717, 1.165) is 24.3 Å². The van der Waals surface area contributed by atoms with Gasteiger partial charge in [0.1, 0.15) is 42.5 Å². The molecule has 0 heterocycles. The summed E-state index contributed by atoms with van der Waals surface area (Å²) < 4.78 is 134. The summed E-state index contributed by atoms with van der Waals surface area (Å²) in [6, 6.07) is 8.90.